The number of carbonyl (C=O) groups excluding carboxylic acids is 2. The molecule has 0 aliphatic carbocycles. The summed E-state index contributed by atoms with van der Waals surface area (Å²) in [6.45, 7) is 6.51. The van der Waals surface area contributed by atoms with Crippen molar-refractivity contribution in [1.29, 1.82) is 0 Å². The smallest absolute Gasteiger partial charge is 0.321 e. The van der Waals surface area contributed by atoms with E-state index < -0.39 is 0 Å². The van der Waals surface area contributed by atoms with E-state index in [9.17, 15) is 9.59 Å². The molecule has 0 radical (unpaired) electrons. The number of nitrogens with one attached hydrogen (secondary N) is 3. The van der Waals surface area contributed by atoms with Crippen molar-refractivity contribution in [3.05, 3.63) is 82.4 Å². The van der Waals surface area contributed by atoms with Gasteiger partial charge in [0.15, 0.2) is 5.13 Å². The molecule has 0 spiro atoms. The summed E-state index contributed by atoms with van der Waals surface area (Å²) in [4.78, 5) is 29.7. The SMILES string of the molecule is COc1ccc(CCNC(=O)Nc2nc3ccc(C(=O)Nc4c(C)cc(C)cc4C)cc3s2)cc1. The van der Waals surface area contributed by atoms with Gasteiger partial charge in [-0.2, -0.15) is 0 Å². The zero-order valence-corrected chi connectivity index (χ0v) is 21.0. The second-order valence-corrected chi connectivity index (χ2v) is 9.44. The molecule has 0 aliphatic rings. The number of aryl methyl sites for hydroxylation is 3. The third kappa shape index (κ3) is 5.96. The molecule has 0 aliphatic heterocycles. The highest BCUT2D eigenvalue weighted by molar-refractivity contribution is 7.22. The number of hydrogen-bond acceptors (Lipinski definition) is 5. The molecule has 1 heterocycles. The topological polar surface area (TPSA) is 92.3 Å². The van der Waals surface area contributed by atoms with Crippen LogP contribution in [-0.2, 0) is 6.42 Å². The molecule has 180 valence electrons. The van der Waals surface area contributed by atoms with Gasteiger partial charge in [0, 0.05) is 17.8 Å². The average molecular weight is 489 g/mol. The second-order valence-electron chi connectivity index (χ2n) is 8.41. The number of rotatable bonds is 7. The minimum absolute atomic E-state index is 0.180. The summed E-state index contributed by atoms with van der Waals surface area (Å²) in [5.74, 6) is 0.623. The monoisotopic (exact) mass is 488 g/mol. The largest absolute Gasteiger partial charge is 0.497 e. The average Bonchev–Trinajstić information content (AvgIpc) is 3.23. The first-order chi connectivity index (χ1) is 16.8. The lowest BCUT2D eigenvalue weighted by molar-refractivity contribution is 0.102. The summed E-state index contributed by atoms with van der Waals surface area (Å²) in [6, 6.07) is 16.9. The number of methoxy groups -OCH3 is 1. The highest BCUT2D eigenvalue weighted by Gasteiger charge is 2.13. The van der Waals surface area contributed by atoms with Crippen LogP contribution in [0.4, 0.5) is 15.6 Å². The van der Waals surface area contributed by atoms with E-state index in [-0.39, 0.29) is 11.9 Å². The number of benzene rings is 3. The summed E-state index contributed by atoms with van der Waals surface area (Å²) in [6.07, 6.45) is 0.704. The van der Waals surface area contributed by atoms with Crippen molar-refractivity contribution in [3.8, 4) is 5.75 Å². The summed E-state index contributed by atoms with van der Waals surface area (Å²) in [5, 5.41) is 9.13. The van der Waals surface area contributed by atoms with Gasteiger partial charge >= 0.3 is 6.03 Å². The maximum absolute atomic E-state index is 12.9. The Balaban J connectivity index is 1.36. The van der Waals surface area contributed by atoms with Crippen LogP contribution in [0.5, 0.6) is 5.75 Å². The van der Waals surface area contributed by atoms with Gasteiger partial charge in [-0.3, -0.25) is 10.1 Å². The third-order valence-corrected chi connectivity index (χ3v) is 6.58. The Morgan fingerprint density at radius 1 is 0.943 bits per heavy atom. The maximum Gasteiger partial charge on any atom is 0.321 e. The van der Waals surface area contributed by atoms with E-state index in [4.69, 9.17) is 4.74 Å². The van der Waals surface area contributed by atoms with Gasteiger partial charge in [0.05, 0.1) is 17.3 Å². The lowest BCUT2D eigenvalue weighted by Crippen LogP contribution is -2.30. The minimum atomic E-state index is -0.319. The number of fused-ring (bicyclic) bond motifs is 1. The lowest BCUT2D eigenvalue weighted by atomic mass is 10.0. The molecular formula is C27H28N4O3S. The van der Waals surface area contributed by atoms with Crippen molar-refractivity contribution in [3.63, 3.8) is 0 Å². The van der Waals surface area contributed by atoms with Gasteiger partial charge in [0.1, 0.15) is 5.75 Å². The van der Waals surface area contributed by atoms with Crippen molar-refractivity contribution >= 4 is 44.3 Å². The molecule has 0 atom stereocenters. The number of ether oxygens (including phenoxy) is 1. The molecule has 3 N–H and O–H groups in total. The van der Waals surface area contributed by atoms with E-state index in [1.165, 1.54) is 11.3 Å². The van der Waals surface area contributed by atoms with Crippen LogP contribution in [-0.4, -0.2) is 30.6 Å². The van der Waals surface area contributed by atoms with E-state index in [0.717, 1.165) is 43.9 Å². The zero-order chi connectivity index (χ0) is 24.9. The number of urea groups is 1. The number of thiazole rings is 1. The number of nitrogens with zero attached hydrogens (tertiary/aromatic N) is 1. The fraction of sp³-hybridized carbons (Fsp3) is 0.222. The van der Waals surface area contributed by atoms with Crippen LogP contribution in [0, 0.1) is 20.8 Å². The number of amides is 3. The zero-order valence-electron chi connectivity index (χ0n) is 20.2. The molecule has 4 rings (SSSR count). The molecule has 35 heavy (non-hydrogen) atoms. The standard InChI is InChI=1S/C27H28N4O3S/c1-16-13-17(2)24(18(3)14-16)30-25(32)20-7-10-22-23(15-20)35-27(29-22)31-26(33)28-12-11-19-5-8-21(34-4)9-6-19/h5-10,13-15H,11-12H2,1-4H3,(H,30,32)(H2,28,29,31,33). The Morgan fingerprint density at radius 3 is 2.34 bits per heavy atom. The quantitative estimate of drug-likeness (QED) is 0.304. The van der Waals surface area contributed by atoms with E-state index in [0.29, 0.717) is 23.7 Å². The Hall–Kier alpha value is -3.91. The van der Waals surface area contributed by atoms with Crippen molar-refractivity contribution in [2.24, 2.45) is 0 Å². The first kappa shape index (κ1) is 24.2. The molecule has 1 aromatic heterocycles. The fourth-order valence-electron chi connectivity index (χ4n) is 3.94. The van der Waals surface area contributed by atoms with Crippen molar-refractivity contribution in [1.82, 2.24) is 10.3 Å². The number of aromatic nitrogens is 1. The van der Waals surface area contributed by atoms with Crippen molar-refractivity contribution in [2.75, 3.05) is 24.3 Å². The summed E-state index contributed by atoms with van der Waals surface area (Å²) >= 11 is 1.33. The molecule has 7 nitrogen and oxygen atoms in total. The van der Waals surface area contributed by atoms with Crippen LogP contribution in [0.2, 0.25) is 0 Å². The van der Waals surface area contributed by atoms with Crippen LogP contribution < -0.4 is 20.7 Å². The summed E-state index contributed by atoms with van der Waals surface area (Å²) in [5.41, 5.74) is 6.41. The normalized spacial score (nSPS) is 10.7. The predicted molar refractivity (Wildman–Crippen MR) is 142 cm³/mol. The highest BCUT2D eigenvalue weighted by atomic mass is 32.1. The molecule has 0 bridgehead atoms. The first-order valence-electron chi connectivity index (χ1n) is 11.3. The minimum Gasteiger partial charge on any atom is -0.497 e. The van der Waals surface area contributed by atoms with Gasteiger partial charge in [-0.1, -0.05) is 41.2 Å². The van der Waals surface area contributed by atoms with Crippen LogP contribution in [0.15, 0.2) is 54.6 Å². The summed E-state index contributed by atoms with van der Waals surface area (Å²) < 4.78 is 5.98. The summed E-state index contributed by atoms with van der Waals surface area (Å²) in [7, 11) is 1.63. The maximum atomic E-state index is 12.9. The third-order valence-electron chi connectivity index (χ3n) is 5.64. The van der Waals surface area contributed by atoms with E-state index in [1.807, 2.05) is 45.0 Å². The molecule has 0 saturated carbocycles. The van der Waals surface area contributed by atoms with E-state index in [1.54, 1.807) is 25.3 Å². The molecule has 0 unspecified atom stereocenters. The van der Waals surface area contributed by atoms with Crippen molar-refractivity contribution < 1.29 is 14.3 Å². The first-order valence-corrected chi connectivity index (χ1v) is 12.1. The van der Waals surface area contributed by atoms with Crippen LogP contribution in [0.3, 0.4) is 0 Å². The predicted octanol–water partition coefficient (Wildman–Crippen LogP) is 5.85. The van der Waals surface area contributed by atoms with E-state index in [2.05, 4.69) is 33.1 Å². The number of carbonyl (C=O) groups is 2. The molecule has 3 aromatic carbocycles. The van der Waals surface area contributed by atoms with Crippen LogP contribution in [0.25, 0.3) is 10.2 Å². The van der Waals surface area contributed by atoms with Gasteiger partial charge in [0.25, 0.3) is 5.91 Å². The Bertz CT molecular complexity index is 1360. The molecule has 3 amide bonds. The van der Waals surface area contributed by atoms with Gasteiger partial charge in [-0.25, -0.2) is 9.78 Å². The lowest BCUT2D eigenvalue weighted by Gasteiger charge is -2.12. The van der Waals surface area contributed by atoms with Gasteiger partial charge < -0.3 is 15.4 Å². The molecule has 0 saturated heterocycles. The molecule has 4 aromatic rings. The number of hydrogen-bond donors (Lipinski definition) is 3. The van der Waals surface area contributed by atoms with Gasteiger partial charge in [0.2, 0.25) is 0 Å². The number of anilines is 2. The van der Waals surface area contributed by atoms with Crippen LogP contribution >= 0.6 is 11.3 Å². The Kier molecular flexibility index (Phi) is 7.31. The molecule has 8 heteroatoms. The van der Waals surface area contributed by atoms with E-state index >= 15 is 0 Å². The molecular weight excluding hydrogens is 460 g/mol. The Morgan fingerprint density at radius 2 is 1.66 bits per heavy atom. The Labute approximate surface area is 208 Å². The van der Waals surface area contributed by atoms with Crippen molar-refractivity contribution in [2.45, 2.75) is 27.2 Å². The second kappa shape index (κ2) is 10.6. The highest BCUT2D eigenvalue weighted by Crippen LogP contribution is 2.28. The van der Waals surface area contributed by atoms with Gasteiger partial charge in [-0.15, -0.1) is 0 Å². The van der Waals surface area contributed by atoms with Gasteiger partial charge in [-0.05, 0) is 74.2 Å². The fourth-order valence-corrected chi connectivity index (χ4v) is 4.84. The molecule has 0 fully saturated rings. The van der Waals surface area contributed by atoms with Crippen LogP contribution in [0.1, 0.15) is 32.6 Å².